The Morgan fingerprint density at radius 2 is 1.70 bits per heavy atom. The van der Waals surface area contributed by atoms with Crippen LogP contribution in [0.15, 0.2) is 65.8 Å². The van der Waals surface area contributed by atoms with E-state index < -0.39 is 27.7 Å². The van der Waals surface area contributed by atoms with Crippen molar-refractivity contribution in [3.63, 3.8) is 0 Å². The van der Waals surface area contributed by atoms with Crippen LogP contribution in [-0.2, 0) is 16.2 Å². The van der Waals surface area contributed by atoms with Gasteiger partial charge >= 0.3 is 6.18 Å². The van der Waals surface area contributed by atoms with E-state index in [1.807, 2.05) is 0 Å². The molecule has 3 aromatic rings. The number of pyridine rings is 1. The Labute approximate surface area is 186 Å². The van der Waals surface area contributed by atoms with Gasteiger partial charge in [0.25, 0.3) is 15.9 Å². The molecule has 1 amide bonds. The lowest BCUT2D eigenvalue weighted by Crippen LogP contribution is -2.18. The van der Waals surface area contributed by atoms with E-state index in [0.29, 0.717) is 12.4 Å². The van der Waals surface area contributed by atoms with Crippen molar-refractivity contribution in [2.45, 2.75) is 11.1 Å². The summed E-state index contributed by atoms with van der Waals surface area (Å²) >= 11 is 0. The van der Waals surface area contributed by atoms with Crippen molar-refractivity contribution in [3.8, 4) is 11.5 Å². The van der Waals surface area contributed by atoms with Gasteiger partial charge in [-0.25, -0.2) is 8.42 Å². The maximum Gasteiger partial charge on any atom is 0.416 e. The van der Waals surface area contributed by atoms with Crippen molar-refractivity contribution in [2.75, 3.05) is 23.3 Å². The number of ether oxygens (including phenoxy) is 2. The summed E-state index contributed by atoms with van der Waals surface area (Å²) in [5.41, 5.74) is -1.06. The zero-order valence-electron chi connectivity index (χ0n) is 16.7. The molecule has 1 aliphatic rings. The number of nitrogens with zero attached hydrogens (tertiary/aromatic N) is 1. The summed E-state index contributed by atoms with van der Waals surface area (Å²) in [4.78, 5) is 16.2. The Balaban J connectivity index is 1.51. The lowest BCUT2D eigenvalue weighted by molar-refractivity contribution is -0.137. The number of amides is 1. The quantitative estimate of drug-likeness (QED) is 0.575. The molecule has 0 spiro atoms. The highest BCUT2D eigenvalue weighted by atomic mass is 32.2. The molecule has 0 atom stereocenters. The van der Waals surface area contributed by atoms with E-state index in [4.69, 9.17) is 9.47 Å². The van der Waals surface area contributed by atoms with Gasteiger partial charge in [-0.3, -0.25) is 14.5 Å². The molecule has 0 aliphatic carbocycles. The summed E-state index contributed by atoms with van der Waals surface area (Å²) in [6, 6.07) is 9.47. The monoisotopic (exact) mass is 479 g/mol. The zero-order valence-corrected chi connectivity index (χ0v) is 17.5. The van der Waals surface area contributed by atoms with Gasteiger partial charge in [-0.2, -0.15) is 13.2 Å². The Hall–Kier alpha value is -3.80. The van der Waals surface area contributed by atoms with Crippen LogP contribution in [0.1, 0.15) is 15.9 Å². The van der Waals surface area contributed by atoms with Crippen molar-refractivity contribution in [3.05, 3.63) is 72.1 Å². The summed E-state index contributed by atoms with van der Waals surface area (Å²) in [5, 5.41) is 2.34. The number of benzene rings is 2. The smallest absolute Gasteiger partial charge is 0.416 e. The van der Waals surface area contributed by atoms with E-state index >= 15 is 0 Å². The number of nitrogens with one attached hydrogen (secondary N) is 2. The van der Waals surface area contributed by atoms with Gasteiger partial charge in [0.2, 0.25) is 0 Å². The predicted octanol–water partition coefficient (Wildman–Crippen LogP) is 3.92. The fraction of sp³-hybridized carbons (Fsp3) is 0.143. The second kappa shape index (κ2) is 8.62. The van der Waals surface area contributed by atoms with Gasteiger partial charge in [-0.1, -0.05) is 6.07 Å². The third-order valence-electron chi connectivity index (χ3n) is 4.52. The molecule has 2 N–H and O–H groups in total. The van der Waals surface area contributed by atoms with Crippen LogP contribution in [0.2, 0.25) is 0 Å². The molecule has 0 bridgehead atoms. The first-order valence-corrected chi connectivity index (χ1v) is 11.0. The van der Waals surface area contributed by atoms with Crippen molar-refractivity contribution in [2.24, 2.45) is 0 Å². The lowest BCUT2D eigenvalue weighted by atomic mass is 10.2. The normalized spacial score (nSPS) is 13.3. The molecule has 0 radical (unpaired) electrons. The van der Waals surface area contributed by atoms with Crippen LogP contribution in [0.5, 0.6) is 11.5 Å². The molecular weight excluding hydrogens is 463 g/mol. The van der Waals surface area contributed by atoms with E-state index in [1.54, 1.807) is 0 Å². The van der Waals surface area contributed by atoms with E-state index in [9.17, 15) is 26.4 Å². The fourth-order valence-corrected chi connectivity index (χ4v) is 4.05. The van der Waals surface area contributed by atoms with Crippen molar-refractivity contribution in [1.29, 1.82) is 0 Å². The Bertz CT molecular complexity index is 1310. The van der Waals surface area contributed by atoms with Crippen LogP contribution in [-0.4, -0.2) is 32.5 Å². The standard InChI is InChI=1S/C21H16F3N3O5S/c22-21(23,24)14-2-1-3-15(9-14)26-20(28)13-8-16(12-25-11-13)27-33(29,30)17-4-5-18-19(10-17)32-7-6-31-18/h1-5,8-12,27H,6-7H2,(H,26,28). The Kier molecular flexibility index (Phi) is 5.85. The third kappa shape index (κ3) is 5.17. The lowest BCUT2D eigenvalue weighted by Gasteiger charge is -2.19. The Morgan fingerprint density at radius 3 is 2.45 bits per heavy atom. The van der Waals surface area contributed by atoms with Crippen LogP contribution < -0.4 is 19.5 Å². The molecule has 12 heteroatoms. The third-order valence-corrected chi connectivity index (χ3v) is 5.90. The molecule has 8 nitrogen and oxygen atoms in total. The number of rotatable bonds is 5. The second-order valence-corrected chi connectivity index (χ2v) is 8.59. The number of carbonyl (C=O) groups excluding carboxylic acids is 1. The van der Waals surface area contributed by atoms with Gasteiger partial charge in [0, 0.05) is 18.0 Å². The highest BCUT2D eigenvalue weighted by Gasteiger charge is 2.30. The van der Waals surface area contributed by atoms with Gasteiger partial charge < -0.3 is 14.8 Å². The molecule has 0 fully saturated rings. The molecule has 1 aliphatic heterocycles. The van der Waals surface area contributed by atoms with E-state index in [2.05, 4.69) is 15.0 Å². The molecule has 33 heavy (non-hydrogen) atoms. The minimum absolute atomic E-state index is 0.0124. The number of carbonyl (C=O) groups is 1. The molecule has 2 heterocycles. The van der Waals surface area contributed by atoms with Crippen molar-refractivity contribution >= 4 is 27.3 Å². The van der Waals surface area contributed by atoms with Crippen molar-refractivity contribution in [1.82, 2.24) is 4.98 Å². The number of halogens is 3. The zero-order chi connectivity index (χ0) is 23.6. The van der Waals surface area contributed by atoms with Crippen LogP contribution in [0.25, 0.3) is 0 Å². The molecule has 0 saturated heterocycles. The number of anilines is 2. The molecule has 172 valence electrons. The number of hydrogen-bond acceptors (Lipinski definition) is 6. The van der Waals surface area contributed by atoms with Crippen LogP contribution in [0.4, 0.5) is 24.5 Å². The number of aromatic nitrogens is 1. The van der Waals surface area contributed by atoms with Crippen molar-refractivity contribution < 1.29 is 35.9 Å². The SMILES string of the molecule is O=C(Nc1cccc(C(F)(F)F)c1)c1cncc(NS(=O)(=O)c2ccc3c(c2)OCCO3)c1. The summed E-state index contributed by atoms with van der Waals surface area (Å²) in [6.45, 7) is 0.648. The maximum absolute atomic E-state index is 12.9. The number of fused-ring (bicyclic) bond motifs is 1. The summed E-state index contributed by atoms with van der Waals surface area (Å²) in [5.74, 6) is -0.0474. The molecule has 2 aromatic carbocycles. The van der Waals surface area contributed by atoms with E-state index in [-0.39, 0.29) is 34.2 Å². The molecule has 0 unspecified atom stereocenters. The highest BCUT2D eigenvalue weighted by molar-refractivity contribution is 7.92. The van der Waals surface area contributed by atoms with Crippen LogP contribution in [0, 0.1) is 0 Å². The van der Waals surface area contributed by atoms with Gasteiger partial charge in [0.15, 0.2) is 11.5 Å². The number of sulfonamides is 1. The Morgan fingerprint density at radius 1 is 0.939 bits per heavy atom. The van der Waals surface area contributed by atoms with Gasteiger partial charge in [0.1, 0.15) is 13.2 Å². The summed E-state index contributed by atoms with van der Waals surface area (Å²) in [6.07, 6.45) is -2.21. The predicted molar refractivity (Wildman–Crippen MR) is 112 cm³/mol. The highest BCUT2D eigenvalue weighted by Crippen LogP contribution is 2.33. The molecule has 1 aromatic heterocycles. The molecular formula is C21H16F3N3O5S. The first kappa shape index (κ1) is 22.4. The molecule has 0 saturated carbocycles. The van der Waals surface area contributed by atoms with E-state index in [1.165, 1.54) is 36.5 Å². The van der Waals surface area contributed by atoms with Gasteiger partial charge in [0.05, 0.1) is 27.9 Å². The van der Waals surface area contributed by atoms with Crippen LogP contribution in [0.3, 0.4) is 0 Å². The first-order valence-electron chi connectivity index (χ1n) is 9.48. The van der Waals surface area contributed by atoms with E-state index in [0.717, 1.165) is 24.4 Å². The molecule has 4 rings (SSSR count). The average molecular weight is 479 g/mol. The van der Waals surface area contributed by atoms with Crippen LogP contribution >= 0.6 is 0 Å². The number of hydrogen-bond donors (Lipinski definition) is 2. The summed E-state index contributed by atoms with van der Waals surface area (Å²) < 4.78 is 77.2. The minimum atomic E-state index is -4.56. The maximum atomic E-state index is 12.9. The fourth-order valence-electron chi connectivity index (χ4n) is 3.00. The largest absolute Gasteiger partial charge is 0.486 e. The van der Waals surface area contributed by atoms with Gasteiger partial charge in [-0.05, 0) is 36.4 Å². The minimum Gasteiger partial charge on any atom is -0.486 e. The van der Waals surface area contributed by atoms with Gasteiger partial charge in [-0.15, -0.1) is 0 Å². The number of alkyl halides is 3. The first-order chi connectivity index (χ1) is 15.6. The topological polar surface area (TPSA) is 107 Å². The second-order valence-electron chi connectivity index (χ2n) is 6.91. The summed E-state index contributed by atoms with van der Waals surface area (Å²) in [7, 11) is -4.05. The average Bonchev–Trinajstić information content (AvgIpc) is 2.78.